The van der Waals surface area contributed by atoms with E-state index in [4.69, 9.17) is 5.73 Å². The quantitative estimate of drug-likeness (QED) is 0.716. The fraction of sp³-hybridized carbons (Fsp3) is 0.462. The minimum Gasteiger partial charge on any atom is -0.365 e. The van der Waals surface area contributed by atoms with Gasteiger partial charge in [0.25, 0.3) is 5.91 Å². The van der Waals surface area contributed by atoms with Gasteiger partial charge in [0.05, 0.1) is 31.1 Å². The van der Waals surface area contributed by atoms with E-state index in [1.54, 1.807) is 6.92 Å². The number of sulfonamides is 1. The van der Waals surface area contributed by atoms with Crippen molar-refractivity contribution < 1.29 is 22.5 Å². The Balaban J connectivity index is 2.07. The molecular weight excluding hydrogens is 297 g/mol. The van der Waals surface area contributed by atoms with Crippen LogP contribution >= 0.6 is 0 Å². The molecule has 1 saturated heterocycles. The Kier molecular flexibility index (Phi) is 4.60. The summed E-state index contributed by atoms with van der Waals surface area (Å²) >= 11 is 0. The van der Waals surface area contributed by atoms with Crippen molar-refractivity contribution in [3.05, 3.63) is 30.1 Å². The van der Waals surface area contributed by atoms with Gasteiger partial charge in [-0.2, -0.15) is 4.31 Å². The summed E-state index contributed by atoms with van der Waals surface area (Å²) in [6.07, 6.45) is 0. The number of piperazine rings is 1. The molecule has 2 rings (SSSR count). The highest BCUT2D eigenvalue weighted by Gasteiger charge is 2.33. The second-order valence-electron chi connectivity index (χ2n) is 5.14. The average molecular weight is 316 g/mol. The van der Waals surface area contributed by atoms with Crippen LogP contribution in [0.15, 0.2) is 29.2 Å². The fourth-order valence-electron chi connectivity index (χ4n) is 2.40. The van der Waals surface area contributed by atoms with E-state index in [-0.39, 0.29) is 16.8 Å². The summed E-state index contributed by atoms with van der Waals surface area (Å²) in [5.74, 6) is -0.863. The van der Waals surface area contributed by atoms with Gasteiger partial charge in [-0.05, 0) is 31.2 Å². The number of rotatable bonds is 4. The van der Waals surface area contributed by atoms with E-state index >= 15 is 0 Å². The summed E-state index contributed by atoms with van der Waals surface area (Å²) < 4.78 is 39.1. The summed E-state index contributed by atoms with van der Waals surface area (Å²) in [4.78, 5) is 12.2. The molecular formula is C13H19FN3O3S+. The maximum atomic E-state index is 12.9. The van der Waals surface area contributed by atoms with Crippen molar-refractivity contribution in [1.29, 1.82) is 0 Å². The minimum absolute atomic E-state index is 0.0790. The van der Waals surface area contributed by atoms with Gasteiger partial charge in [-0.25, -0.2) is 12.8 Å². The number of hydrogen-bond acceptors (Lipinski definition) is 3. The molecule has 8 heteroatoms. The Morgan fingerprint density at radius 2 is 1.81 bits per heavy atom. The molecule has 1 aromatic carbocycles. The van der Waals surface area contributed by atoms with Crippen molar-refractivity contribution >= 4 is 15.9 Å². The number of nitrogens with zero attached hydrogens (tertiary/aromatic N) is 1. The van der Waals surface area contributed by atoms with Gasteiger partial charge in [0.1, 0.15) is 5.82 Å². The number of carbonyl (C=O) groups is 1. The Hall–Kier alpha value is -1.51. The Morgan fingerprint density at radius 3 is 2.29 bits per heavy atom. The first-order valence-corrected chi connectivity index (χ1v) is 8.16. The Bertz CT molecular complexity index is 610. The molecule has 0 bridgehead atoms. The fourth-order valence-corrected chi connectivity index (χ4v) is 3.85. The van der Waals surface area contributed by atoms with Crippen LogP contribution in [0.1, 0.15) is 6.92 Å². The van der Waals surface area contributed by atoms with E-state index in [1.807, 2.05) is 0 Å². The highest BCUT2D eigenvalue weighted by atomic mass is 32.2. The number of primary amides is 1. The number of halogens is 1. The molecule has 0 radical (unpaired) electrons. The van der Waals surface area contributed by atoms with Crippen LogP contribution in [-0.4, -0.2) is 50.9 Å². The zero-order valence-electron chi connectivity index (χ0n) is 11.8. The van der Waals surface area contributed by atoms with Crippen molar-refractivity contribution in [2.75, 3.05) is 26.2 Å². The highest BCUT2D eigenvalue weighted by Crippen LogP contribution is 2.16. The number of nitrogens with one attached hydrogen (secondary N) is 1. The summed E-state index contributed by atoms with van der Waals surface area (Å²) in [5, 5.41) is 0. The molecule has 1 aliphatic heterocycles. The largest absolute Gasteiger partial charge is 0.365 e. The summed E-state index contributed by atoms with van der Waals surface area (Å²) in [7, 11) is -3.61. The van der Waals surface area contributed by atoms with E-state index in [0.29, 0.717) is 26.2 Å². The summed E-state index contributed by atoms with van der Waals surface area (Å²) in [6, 6.07) is 4.44. The number of hydrogen-bond donors (Lipinski definition) is 2. The van der Waals surface area contributed by atoms with Crippen molar-refractivity contribution in [3.63, 3.8) is 0 Å². The number of carbonyl (C=O) groups excluding carboxylic acids is 1. The third-order valence-corrected chi connectivity index (χ3v) is 5.77. The third kappa shape index (κ3) is 3.39. The van der Waals surface area contributed by atoms with Gasteiger partial charge in [-0.15, -0.1) is 0 Å². The van der Waals surface area contributed by atoms with Crippen LogP contribution in [-0.2, 0) is 14.8 Å². The lowest BCUT2D eigenvalue weighted by Gasteiger charge is -2.33. The Labute approximate surface area is 123 Å². The lowest BCUT2D eigenvalue weighted by atomic mass is 10.2. The van der Waals surface area contributed by atoms with Gasteiger partial charge in [-0.1, -0.05) is 0 Å². The molecule has 1 aromatic rings. The molecule has 21 heavy (non-hydrogen) atoms. The predicted octanol–water partition coefficient (Wildman–Crippen LogP) is -1.41. The van der Waals surface area contributed by atoms with Crippen LogP contribution in [0.3, 0.4) is 0 Å². The lowest BCUT2D eigenvalue weighted by Crippen LogP contribution is -3.19. The second-order valence-corrected chi connectivity index (χ2v) is 7.08. The standard InChI is InChI=1S/C13H18FN3O3S/c1-10(13(15)18)16-6-8-17(9-7-16)21(19,20)12-4-2-11(14)3-5-12/h2-5,10H,6-9H2,1H3,(H2,15,18)/p+1/t10-/m0/s1. The maximum absolute atomic E-state index is 12.9. The van der Waals surface area contributed by atoms with E-state index in [9.17, 15) is 17.6 Å². The monoisotopic (exact) mass is 316 g/mol. The van der Waals surface area contributed by atoms with Gasteiger partial charge >= 0.3 is 0 Å². The first-order valence-electron chi connectivity index (χ1n) is 6.72. The maximum Gasteiger partial charge on any atom is 0.275 e. The second kappa shape index (κ2) is 6.08. The number of benzene rings is 1. The van der Waals surface area contributed by atoms with Gasteiger partial charge in [-0.3, -0.25) is 4.79 Å². The molecule has 0 spiro atoms. The van der Waals surface area contributed by atoms with Crippen LogP contribution in [0.2, 0.25) is 0 Å². The number of nitrogens with two attached hydrogens (primary N) is 1. The SMILES string of the molecule is C[C@@H](C(N)=O)[NH+]1CCN(S(=O)(=O)c2ccc(F)cc2)CC1. The van der Waals surface area contributed by atoms with Crippen LogP contribution in [0.5, 0.6) is 0 Å². The molecule has 1 fully saturated rings. The van der Waals surface area contributed by atoms with Crippen LogP contribution in [0.4, 0.5) is 4.39 Å². The predicted molar refractivity (Wildman–Crippen MR) is 74.5 cm³/mol. The van der Waals surface area contributed by atoms with Crippen LogP contribution in [0, 0.1) is 5.82 Å². The van der Waals surface area contributed by atoms with Gasteiger partial charge < -0.3 is 10.6 Å². The van der Waals surface area contributed by atoms with Gasteiger partial charge in [0.2, 0.25) is 10.0 Å². The first kappa shape index (κ1) is 15.9. The van der Waals surface area contributed by atoms with Crippen molar-refractivity contribution in [3.8, 4) is 0 Å². The molecule has 0 saturated carbocycles. The molecule has 0 unspecified atom stereocenters. The van der Waals surface area contributed by atoms with E-state index in [2.05, 4.69) is 0 Å². The van der Waals surface area contributed by atoms with Gasteiger partial charge in [0.15, 0.2) is 6.04 Å². The molecule has 6 nitrogen and oxygen atoms in total. The normalized spacial score (nSPS) is 19.3. The summed E-state index contributed by atoms with van der Waals surface area (Å²) in [6.45, 7) is 3.40. The molecule has 3 N–H and O–H groups in total. The van der Waals surface area contributed by atoms with Crippen molar-refractivity contribution in [1.82, 2.24) is 4.31 Å². The zero-order chi connectivity index (χ0) is 15.6. The summed E-state index contributed by atoms with van der Waals surface area (Å²) in [5.41, 5.74) is 5.27. The third-order valence-electron chi connectivity index (χ3n) is 3.86. The van der Waals surface area contributed by atoms with E-state index in [0.717, 1.165) is 17.0 Å². The molecule has 0 aliphatic carbocycles. The van der Waals surface area contributed by atoms with Crippen molar-refractivity contribution in [2.45, 2.75) is 17.9 Å². The molecule has 0 aromatic heterocycles. The lowest BCUT2D eigenvalue weighted by molar-refractivity contribution is -0.917. The van der Waals surface area contributed by atoms with Gasteiger partial charge in [0, 0.05) is 0 Å². The van der Waals surface area contributed by atoms with E-state index in [1.165, 1.54) is 16.4 Å². The molecule has 1 amide bonds. The average Bonchev–Trinajstić information content (AvgIpc) is 2.47. The minimum atomic E-state index is -3.61. The smallest absolute Gasteiger partial charge is 0.275 e. The zero-order valence-corrected chi connectivity index (χ0v) is 12.6. The molecule has 1 heterocycles. The first-order chi connectivity index (χ1) is 9.82. The van der Waals surface area contributed by atoms with Crippen LogP contribution in [0.25, 0.3) is 0 Å². The Morgan fingerprint density at radius 1 is 1.29 bits per heavy atom. The number of amides is 1. The van der Waals surface area contributed by atoms with Crippen molar-refractivity contribution in [2.24, 2.45) is 5.73 Å². The van der Waals surface area contributed by atoms with Crippen LogP contribution < -0.4 is 10.6 Å². The number of quaternary nitrogens is 1. The topological polar surface area (TPSA) is 84.9 Å². The molecule has 1 atom stereocenters. The highest BCUT2D eigenvalue weighted by molar-refractivity contribution is 7.89. The molecule has 1 aliphatic rings. The van der Waals surface area contributed by atoms with E-state index < -0.39 is 15.8 Å². The molecule has 116 valence electrons.